The van der Waals surface area contributed by atoms with Crippen molar-refractivity contribution in [2.75, 3.05) is 19.8 Å². The lowest BCUT2D eigenvalue weighted by Crippen LogP contribution is -2.25. The summed E-state index contributed by atoms with van der Waals surface area (Å²) in [5.74, 6) is -0.157. The molecule has 0 spiro atoms. The smallest absolute Gasteiger partial charge is 0.405 e. The highest BCUT2D eigenvalue weighted by Crippen LogP contribution is 2.31. The van der Waals surface area contributed by atoms with Crippen LogP contribution in [-0.4, -0.2) is 26.1 Å². The Labute approximate surface area is 123 Å². The Balaban J connectivity index is 2.88. The zero-order chi connectivity index (χ0) is 15.7. The average molecular weight is 305 g/mol. The van der Waals surface area contributed by atoms with Gasteiger partial charge < -0.3 is 14.8 Å². The van der Waals surface area contributed by atoms with Crippen molar-refractivity contribution >= 4 is 0 Å². The predicted molar refractivity (Wildman–Crippen MR) is 75.3 cm³/mol. The molecule has 0 saturated heterocycles. The van der Waals surface area contributed by atoms with E-state index in [0.717, 1.165) is 13.0 Å². The van der Waals surface area contributed by atoms with Gasteiger partial charge in [-0.25, -0.2) is 0 Å². The maximum Gasteiger partial charge on any atom is 0.573 e. The van der Waals surface area contributed by atoms with Gasteiger partial charge in [-0.3, -0.25) is 0 Å². The quantitative estimate of drug-likeness (QED) is 0.698. The number of benzene rings is 1. The number of hydrogen-bond donors (Lipinski definition) is 1. The Hall–Kier alpha value is -1.27. The van der Waals surface area contributed by atoms with Crippen LogP contribution < -0.4 is 10.1 Å². The molecule has 3 nitrogen and oxygen atoms in total. The second-order valence-corrected chi connectivity index (χ2v) is 4.58. The molecule has 0 amide bonds. The van der Waals surface area contributed by atoms with Gasteiger partial charge in [-0.2, -0.15) is 0 Å². The molecule has 1 aromatic carbocycles. The van der Waals surface area contributed by atoms with E-state index >= 15 is 0 Å². The van der Waals surface area contributed by atoms with Crippen LogP contribution in [0.2, 0.25) is 0 Å². The lowest BCUT2D eigenvalue weighted by atomic mass is 10.0. The fraction of sp³-hybridized carbons (Fsp3) is 0.600. The highest BCUT2D eigenvalue weighted by molar-refractivity contribution is 5.36. The van der Waals surface area contributed by atoms with Crippen molar-refractivity contribution in [3.8, 4) is 5.75 Å². The molecule has 0 aliphatic heterocycles. The molecule has 0 radical (unpaired) electrons. The molecule has 0 bridgehead atoms. The fourth-order valence-corrected chi connectivity index (χ4v) is 2.02. The maximum absolute atomic E-state index is 12.5. The Kier molecular flexibility index (Phi) is 7.53. The van der Waals surface area contributed by atoms with Crippen LogP contribution in [0.15, 0.2) is 24.3 Å². The zero-order valence-corrected chi connectivity index (χ0v) is 12.4. The fourth-order valence-electron chi connectivity index (χ4n) is 2.02. The number of alkyl halides is 3. The molecule has 1 rings (SSSR count). The van der Waals surface area contributed by atoms with Crippen LogP contribution in [0, 0.1) is 0 Å². The highest BCUT2D eigenvalue weighted by Gasteiger charge is 2.32. The summed E-state index contributed by atoms with van der Waals surface area (Å²) in [6.45, 7) is 5.68. The van der Waals surface area contributed by atoms with E-state index < -0.39 is 6.36 Å². The molecular weight excluding hydrogens is 283 g/mol. The summed E-state index contributed by atoms with van der Waals surface area (Å²) in [5.41, 5.74) is 0.503. The zero-order valence-electron chi connectivity index (χ0n) is 12.4. The normalized spacial score (nSPS) is 13.2. The molecule has 1 unspecified atom stereocenters. The van der Waals surface area contributed by atoms with Crippen molar-refractivity contribution in [2.45, 2.75) is 39.1 Å². The van der Waals surface area contributed by atoms with Crippen molar-refractivity contribution in [1.82, 2.24) is 5.32 Å². The van der Waals surface area contributed by atoms with Gasteiger partial charge in [-0.05, 0) is 32.4 Å². The summed E-state index contributed by atoms with van der Waals surface area (Å²) in [5, 5.41) is 3.24. The van der Waals surface area contributed by atoms with Crippen molar-refractivity contribution in [1.29, 1.82) is 0 Å². The number of para-hydroxylation sites is 1. The van der Waals surface area contributed by atoms with Gasteiger partial charge in [0.15, 0.2) is 0 Å². The van der Waals surface area contributed by atoms with Crippen molar-refractivity contribution in [3.05, 3.63) is 29.8 Å². The van der Waals surface area contributed by atoms with Gasteiger partial charge in [-0.1, -0.05) is 25.1 Å². The number of hydrogen-bond acceptors (Lipinski definition) is 3. The summed E-state index contributed by atoms with van der Waals surface area (Å²) < 4.78 is 46.9. The van der Waals surface area contributed by atoms with Crippen LogP contribution in [-0.2, 0) is 4.74 Å². The first-order chi connectivity index (χ1) is 9.98. The molecule has 1 atom stereocenters. The van der Waals surface area contributed by atoms with E-state index in [2.05, 4.69) is 10.1 Å². The number of ether oxygens (including phenoxy) is 2. The third-order valence-electron chi connectivity index (χ3n) is 2.92. The molecule has 21 heavy (non-hydrogen) atoms. The molecule has 6 heteroatoms. The standard InChI is InChI=1S/C15H22F3NO2/c1-3-10-19-13(9-11-20-4-2)12-7-5-6-8-14(12)21-15(16,17)18/h5-8,13,19H,3-4,9-11H2,1-2H3. The second kappa shape index (κ2) is 8.89. The minimum absolute atomic E-state index is 0.157. The summed E-state index contributed by atoms with van der Waals surface area (Å²) in [6, 6.07) is 6.00. The van der Waals surface area contributed by atoms with E-state index in [4.69, 9.17) is 4.74 Å². The average Bonchev–Trinajstić information content (AvgIpc) is 2.42. The molecule has 1 N–H and O–H groups in total. The van der Waals surface area contributed by atoms with Gasteiger partial charge in [0.1, 0.15) is 5.75 Å². The van der Waals surface area contributed by atoms with Gasteiger partial charge in [0.25, 0.3) is 0 Å². The SMILES string of the molecule is CCCNC(CCOCC)c1ccccc1OC(F)(F)F. The lowest BCUT2D eigenvalue weighted by Gasteiger charge is -2.22. The van der Waals surface area contributed by atoms with Crippen LogP contribution in [0.25, 0.3) is 0 Å². The number of nitrogens with one attached hydrogen (secondary N) is 1. The van der Waals surface area contributed by atoms with Crippen LogP contribution in [0.3, 0.4) is 0 Å². The van der Waals surface area contributed by atoms with E-state index in [9.17, 15) is 13.2 Å². The van der Waals surface area contributed by atoms with E-state index in [1.54, 1.807) is 12.1 Å². The molecule has 0 aromatic heterocycles. The molecule has 120 valence electrons. The van der Waals surface area contributed by atoms with Gasteiger partial charge in [-0.15, -0.1) is 13.2 Å². The molecule has 0 saturated carbocycles. The van der Waals surface area contributed by atoms with E-state index in [1.165, 1.54) is 12.1 Å². The predicted octanol–water partition coefficient (Wildman–Crippen LogP) is 4.05. The Morgan fingerprint density at radius 3 is 2.52 bits per heavy atom. The van der Waals surface area contributed by atoms with Crippen LogP contribution in [0.1, 0.15) is 38.3 Å². The minimum Gasteiger partial charge on any atom is -0.405 e. The van der Waals surface area contributed by atoms with Crippen LogP contribution in [0.4, 0.5) is 13.2 Å². The van der Waals surface area contributed by atoms with Crippen molar-refractivity contribution in [2.24, 2.45) is 0 Å². The monoisotopic (exact) mass is 305 g/mol. The Bertz CT molecular complexity index is 410. The van der Waals surface area contributed by atoms with Crippen LogP contribution in [0.5, 0.6) is 5.75 Å². The lowest BCUT2D eigenvalue weighted by molar-refractivity contribution is -0.275. The van der Waals surface area contributed by atoms with Crippen LogP contribution >= 0.6 is 0 Å². The van der Waals surface area contributed by atoms with Gasteiger partial charge in [0.05, 0.1) is 0 Å². The Morgan fingerprint density at radius 1 is 1.19 bits per heavy atom. The molecule has 0 aliphatic carbocycles. The van der Waals surface area contributed by atoms with Crippen molar-refractivity contribution < 1.29 is 22.6 Å². The molecule has 0 heterocycles. The number of halogens is 3. The molecule has 0 fully saturated rings. The molecule has 0 aliphatic rings. The minimum atomic E-state index is -4.69. The van der Waals surface area contributed by atoms with Gasteiger partial charge >= 0.3 is 6.36 Å². The number of rotatable bonds is 9. The summed E-state index contributed by atoms with van der Waals surface area (Å²) in [4.78, 5) is 0. The van der Waals surface area contributed by atoms with E-state index in [1.807, 2.05) is 13.8 Å². The summed E-state index contributed by atoms with van der Waals surface area (Å²) in [7, 11) is 0. The first-order valence-corrected chi connectivity index (χ1v) is 7.13. The third-order valence-corrected chi connectivity index (χ3v) is 2.92. The van der Waals surface area contributed by atoms with E-state index in [-0.39, 0.29) is 11.8 Å². The first kappa shape index (κ1) is 17.8. The van der Waals surface area contributed by atoms with Gasteiger partial charge in [0.2, 0.25) is 0 Å². The Morgan fingerprint density at radius 2 is 1.90 bits per heavy atom. The maximum atomic E-state index is 12.5. The van der Waals surface area contributed by atoms with Gasteiger partial charge in [0, 0.05) is 24.8 Å². The molecular formula is C15H22F3NO2. The summed E-state index contributed by atoms with van der Waals surface area (Å²) >= 11 is 0. The second-order valence-electron chi connectivity index (χ2n) is 4.58. The largest absolute Gasteiger partial charge is 0.573 e. The third kappa shape index (κ3) is 6.82. The first-order valence-electron chi connectivity index (χ1n) is 7.13. The summed E-state index contributed by atoms with van der Waals surface area (Å²) in [6.07, 6.45) is -3.20. The topological polar surface area (TPSA) is 30.5 Å². The highest BCUT2D eigenvalue weighted by atomic mass is 19.4. The molecule has 1 aromatic rings. The van der Waals surface area contributed by atoms with Crippen molar-refractivity contribution in [3.63, 3.8) is 0 Å². The van der Waals surface area contributed by atoms with E-state index in [0.29, 0.717) is 25.2 Å².